The van der Waals surface area contributed by atoms with E-state index in [1.807, 2.05) is 53.4 Å². The fourth-order valence-corrected chi connectivity index (χ4v) is 3.61. The minimum atomic E-state index is 0.00480. The lowest BCUT2D eigenvalue weighted by Crippen LogP contribution is -2.34. The molecular formula is C24H23N5O. The van der Waals surface area contributed by atoms with Crippen molar-refractivity contribution < 1.29 is 4.79 Å². The number of para-hydroxylation sites is 2. The van der Waals surface area contributed by atoms with Gasteiger partial charge in [-0.05, 0) is 42.3 Å². The largest absolute Gasteiger partial charge is 0.338 e. The monoisotopic (exact) mass is 397 g/mol. The average molecular weight is 397 g/mol. The molecule has 1 saturated heterocycles. The Labute approximate surface area is 176 Å². The van der Waals surface area contributed by atoms with E-state index in [4.69, 9.17) is 5.26 Å². The molecule has 0 radical (unpaired) electrons. The molecule has 6 heteroatoms. The second-order valence-electron chi connectivity index (χ2n) is 7.38. The van der Waals surface area contributed by atoms with Gasteiger partial charge in [-0.1, -0.05) is 24.3 Å². The van der Waals surface area contributed by atoms with Crippen LogP contribution in [0.2, 0.25) is 0 Å². The molecule has 0 spiro atoms. The first kappa shape index (κ1) is 19.7. The van der Waals surface area contributed by atoms with E-state index < -0.39 is 0 Å². The van der Waals surface area contributed by atoms with Gasteiger partial charge in [0.25, 0.3) is 0 Å². The van der Waals surface area contributed by atoms with Gasteiger partial charge in [0.1, 0.15) is 0 Å². The molecular weight excluding hydrogens is 374 g/mol. The fraction of sp³-hybridized carbons (Fsp3) is 0.250. The van der Waals surface area contributed by atoms with Crippen molar-refractivity contribution in [2.24, 2.45) is 0 Å². The molecule has 3 aromatic rings. The van der Waals surface area contributed by atoms with Crippen molar-refractivity contribution in [2.75, 3.05) is 26.2 Å². The number of nitrogens with zero attached hydrogens (tertiary/aromatic N) is 5. The van der Waals surface area contributed by atoms with E-state index >= 15 is 0 Å². The number of carbonyl (C=O) groups is 1. The number of amides is 1. The summed E-state index contributed by atoms with van der Waals surface area (Å²) in [5.74, 6) is 0.00480. The summed E-state index contributed by atoms with van der Waals surface area (Å²) in [5, 5.41) is 8.92. The predicted octanol–water partition coefficient (Wildman–Crippen LogP) is 3.25. The summed E-state index contributed by atoms with van der Waals surface area (Å²) in [6.07, 6.45) is 5.95. The first-order chi connectivity index (χ1) is 14.7. The molecule has 1 aliphatic heterocycles. The zero-order valence-corrected chi connectivity index (χ0v) is 16.7. The molecule has 1 aliphatic rings. The molecule has 2 heterocycles. The van der Waals surface area contributed by atoms with Crippen LogP contribution in [0.1, 0.15) is 23.2 Å². The summed E-state index contributed by atoms with van der Waals surface area (Å²) in [6.45, 7) is 4.05. The molecule has 0 atom stereocenters. The van der Waals surface area contributed by atoms with Gasteiger partial charge in [0.15, 0.2) is 0 Å². The summed E-state index contributed by atoms with van der Waals surface area (Å²) in [7, 11) is 0. The smallest absolute Gasteiger partial charge is 0.246 e. The molecule has 1 fully saturated rings. The summed E-state index contributed by atoms with van der Waals surface area (Å²) in [5.41, 5.74) is 4.20. The lowest BCUT2D eigenvalue weighted by molar-refractivity contribution is -0.125. The fourth-order valence-electron chi connectivity index (χ4n) is 3.61. The topological polar surface area (TPSA) is 73.1 Å². The summed E-state index contributed by atoms with van der Waals surface area (Å²) >= 11 is 0. The molecule has 1 amide bonds. The Hall–Kier alpha value is -3.56. The molecule has 0 unspecified atom stereocenters. The van der Waals surface area contributed by atoms with Crippen LogP contribution >= 0.6 is 0 Å². The van der Waals surface area contributed by atoms with E-state index in [9.17, 15) is 4.79 Å². The third-order valence-corrected chi connectivity index (χ3v) is 5.25. The molecule has 2 aromatic carbocycles. The summed E-state index contributed by atoms with van der Waals surface area (Å²) in [4.78, 5) is 25.8. The number of benzene rings is 2. The lowest BCUT2D eigenvalue weighted by atomic mass is 10.1. The van der Waals surface area contributed by atoms with Crippen LogP contribution in [0.25, 0.3) is 17.1 Å². The minimum absolute atomic E-state index is 0.00480. The Kier molecular flexibility index (Phi) is 6.11. The van der Waals surface area contributed by atoms with Crippen molar-refractivity contribution in [1.82, 2.24) is 19.8 Å². The molecule has 0 N–H and O–H groups in total. The van der Waals surface area contributed by atoms with E-state index in [0.29, 0.717) is 17.8 Å². The van der Waals surface area contributed by atoms with Crippen molar-refractivity contribution in [3.05, 3.63) is 77.6 Å². The van der Waals surface area contributed by atoms with Crippen LogP contribution in [0, 0.1) is 11.3 Å². The van der Waals surface area contributed by atoms with Gasteiger partial charge in [-0.2, -0.15) is 5.26 Å². The van der Waals surface area contributed by atoms with Crippen LogP contribution in [0.15, 0.2) is 60.8 Å². The first-order valence-corrected chi connectivity index (χ1v) is 10.1. The summed E-state index contributed by atoms with van der Waals surface area (Å²) in [6, 6.07) is 17.5. The Morgan fingerprint density at radius 3 is 2.63 bits per heavy atom. The second-order valence-corrected chi connectivity index (χ2v) is 7.38. The quantitative estimate of drug-likeness (QED) is 0.632. The zero-order valence-electron chi connectivity index (χ0n) is 16.7. The Morgan fingerprint density at radius 1 is 1.03 bits per heavy atom. The van der Waals surface area contributed by atoms with Crippen molar-refractivity contribution in [3.63, 3.8) is 0 Å². The highest BCUT2D eigenvalue weighted by Crippen LogP contribution is 2.12. The van der Waals surface area contributed by atoms with Crippen molar-refractivity contribution >= 4 is 23.0 Å². The Bertz CT molecular complexity index is 1100. The maximum Gasteiger partial charge on any atom is 0.246 e. The second kappa shape index (κ2) is 9.29. The van der Waals surface area contributed by atoms with E-state index in [0.717, 1.165) is 43.6 Å². The number of nitriles is 1. The molecule has 6 nitrogen and oxygen atoms in total. The third-order valence-electron chi connectivity index (χ3n) is 5.25. The van der Waals surface area contributed by atoms with Crippen molar-refractivity contribution in [3.8, 4) is 6.07 Å². The molecule has 4 rings (SSSR count). The lowest BCUT2D eigenvalue weighted by Gasteiger charge is -2.21. The molecule has 150 valence electrons. The van der Waals surface area contributed by atoms with E-state index in [1.165, 1.54) is 5.56 Å². The number of hydrogen-bond donors (Lipinski definition) is 0. The van der Waals surface area contributed by atoms with Crippen molar-refractivity contribution in [1.29, 1.82) is 5.26 Å². The van der Waals surface area contributed by atoms with Gasteiger partial charge >= 0.3 is 0 Å². The number of hydrogen-bond acceptors (Lipinski definition) is 5. The minimum Gasteiger partial charge on any atom is -0.338 e. The molecule has 0 saturated carbocycles. The van der Waals surface area contributed by atoms with Crippen LogP contribution in [0.3, 0.4) is 0 Å². The Balaban J connectivity index is 1.34. The standard InChI is InChI=1S/C24H23N5O/c25-16-19-6-8-20(9-7-19)18-28-12-3-13-29(15-14-28)24(30)11-10-21-17-26-22-4-1-2-5-23(22)27-21/h1-2,4-11,17H,3,12-15,18H2/b11-10+. The van der Waals surface area contributed by atoms with Gasteiger partial charge in [-0.15, -0.1) is 0 Å². The number of carbonyl (C=O) groups excluding carboxylic acids is 1. The molecule has 30 heavy (non-hydrogen) atoms. The van der Waals surface area contributed by atoms with E-state index in [1.54, 1.807) is 18.3 Å². The molecule has 0 aliphatic carbocycles. The normalized spacial score (nSPS) is 15.2. The molecule has 0 bridgehead atoms. The van der Waals surface area contributed by atoms with Gasteiger partial charge in [-0.3, -0.25) is 14.7 Å². The van der Waals surface area contributed by atoms with E-state index in [2.05, 4.69) is 20.9 Å². The predicted molar refractivity (Wildman–Crippen MR) is 116 cm³/mol. The average Bonchev–Trinajstić information content (AvgIpc) is 3.03. The third kappa shape index (κ3) is 4.88. The van der Waals surface area contributed by atoms with Gasteiger partial charge in [0.05, 0.1) is 34.6 Å². The van der Waals surface area contributed by atoms with Gasteiger partial charge in [0.2, 0.25) is 5.91 Å². The maximum atomic E-state index is 12.7. The highest BCUT2D eigenvalue weighted by atomic mass is 16.2. The van der Waals surface area contributed by atoms with Crippen LogP contribution in [-0.2, 0) is 11.3 Å². The zero-order chi connectivity index (χ0) is 20.8. The van der Waals surface area contributed by atoms with Gasteiger partial charge in [-0.25, -0.2) is 4.98 Å². The van der Waals surface area contributed by atoms with Gasteiger partial charge in [0, 0.05) is 38.8 Å². The Morgan fingerprint density at radius 2 is 1.83 bits per heavy atom. The highest BCUT2D eigenvalue weighted by molar-refractivity contribution is 5.91. The van der Waals surface area contributed by atoms with Crippen LogP contribution in [0.4, 0.5) is 0 Å². The highest BCUT2D eigenvalue weighted by Gasteiger charge is 2.17. The number of fused-ring (bicyclic) bond motifs is 1. The maximum absolute atomic E-state index is 12.7. The summed E-state index contributed by atoms with van der Waals surface area (Å²) < 4.78 is 0. The van der Waals surface area contributed by atoms with Crippen LogP contribution in [-0.4, -0.2) is 51.9 Å². The first-order valence-electron chi connectivity index (χ1n) is 10.1. The van der Waals surface area contributed by atoms with Crippen LogP contribution in [0.5, 0.6) is 0 Å². The SMILES string of the molecule is N#Cc1ccc(CN2CCCN(C(=O)/C=C/c3cnc4ccccc4n3)CC2)cc1. The number of aromatic nitrogens is 2. The molecule has 1 aromatic heterocycles. The number of rotatable bonds is 4. The van der Waals surface area contributed by atoms with E-state index in [-0.39, 0.29) is 5.91 Å². The van der Waals surface area contributed by atoms with Gasteiger partial charge < -0.3 is 4.90 Å². The van der Waals surface area contributed by atoms with Crippen molar-refractivity contribution in [2.45, 2.75) is 13.0 Å². The van der Waals surface area contributed by atoms with Crippen LogP contribution < -0.4 is 0 Å².